The molecule has 108 valence electrons. The van der Waals surface area contributed by atoms with Gasteiger partial charge in [-0.05, 0) is 35.9 Å². The van der Waals surface area contributed by atoms with Gasteiger partial charge in [-0.3, -0.25) is 9.59 Å². The lowest BCUT2D eigenvalue weighted by Crippen LogP contribution is -2.35. The van der Waals surface area contributed by atoms with Crippen LogP contribution in [0.2, 0.25) is 5.02 Å². The molecule has 0 atom stereocenters. The Bertz CT molecular complexity index is 659. The Kier molecular flexibility index (Phi) is 5.36. The van der Waals surface area contributed by atoms with Crippen molar-refractivity contribution in [3.05, 3.63) is 63.6 Å². The molecular formula is C15H12BrClN2O2. The fraction of sp³-hybridized carbons (Fsp3) is 0.0667. The molecule has 0 saturated carbocycles. The van der Waals surface area contributed by atoms with Crippen LogP contribution in [0.5, 0.6) is 0 Å². The highest BCUT2D eigenvalue weighted by Gasteiger charge is 2.13. The van der Waals surface area contributed by atoms with Gasteiger partial charge >= 0.3 is 11.8 Å². The Hall–Kier alpha value is -1.85. The van der Waals surface area contributed by atoms with E-state index in [0.29, 0.717) is 10.7 Å². The number of nitrogens with one attached hydrogen (secondary N) is 2. The van der Waals surface area contributed by atoms with Gasteiger partial charge in [-0.1, -0.05) is 45.7 Å². The molecule has 0 spiro atoms. The molecule has 0 bridgehead atoms. The Labute approximate surface area is 135 Å². The summed E-state index contributed by atoms with van der Waals surface area (Å²) in [6.07, 6.45) is 0. The SMILES string of the molecule is O=C(NCc1ccccc1Cl)C(=O)Nc1ccc(Br)cc1. The van der Waals surface area contributed by atoms with Gasteiger partial charge in [0.1, 0.15) is 0 Å². The van der Waals surface area contributed by atoms with Gasteiger partial charge in [0, 0.05) is 21.7 Å². The van der Waals surface area contributed by atoms with Crippen molar-refractivity contribution in [3.8, 4) is 0 Å². The smallest absolute Gasteiger partial charge is 0.313 e. The largest absolute Gasteiger partial charge is 0.344 e. The van der Waals surface area contributed by atoms with E-state index in [4.69, 9.17) is 11.6 Å². The highest BCUT2D eigenvalue weighted by atomic mass is 79.9. The summed E-state index contributed by atoms with van der Waals surface area (Å²) in [5, 5.41) is 5.59. The van der Waals surface area contributed by atoms with Crippen molar-refractivity contribution in [1.82, 2.24) is 5.32 Å². The van der Waals surface area contributed by atoms with E-state index in [1.807, 2.05) is 6.07 Å². The Morgan fingerprint density at radius 2 is 1.67 bits per heavy atom. The first-order chi connectivity index (χ1) is 10.1. The molecule has 0 heterocycles. The first kappa shape index (κ1) is 15.5. The summed E-state index contributed by atoms with van der Waals surface area (Å²) in [5.74, 6) is -1.43. The average molecular weight is 368 g/mol. The molecule has 0 aromatic heterocycles. The Morgan fingerprint density at radius 3 is 2.33 bits per heavy atom. The Morgan fingerprint density at radius 1 is 1.00 bits per heavy atom. The van der Waals surface area contributed by atoms with E-state index in [0.717, 1.165) is 10.0 Å². The number of halogens is 2. The number of anilines is 1. The van der Waals surface area contributed by atoms with E-state index < -0.39 is 11.8 Å². The van der Waals surface area contributed by atoms with E-state index in [1.54, 1.807) is 42.5 Å². The van der Waals surface area contributed by atoms with Crippen LogP contribution in [0.15, 0.2) is 53.0 Å². The van der Waals surface area contributed by atoms with Gasteiger partial charge in [-0.25, -0.2) is 0 Å². The maximum absolute atomic E-state index is 11.7. The van der Waals surface area contributed by atoms with Crippen molar-refractivity contribution in [2.45, 2.75) is 6.54 Å². The third-order valence-electron chi connectivity index (χ3n) is 2.71. The van der Waals surface area contributed by atoms with Crippen LogP contribution < -0.4 is 10.6 Å². The first-order valence-electron chi connectivity index (χ1n) is 6.14. The van der Waals surface area contributed by atoms with E-state index >= 15 is 0 Å². The lowest BCUT2D eigenvalue weighted by molar-refractivity contribution is -0.136. The van der Waals surface area contributed by atoms with E-state index in [1.165, 1.54) is 0 Å². The highest BCUT2D eigenvalue weighted by molar-refractivity contribution is 9.10. The number of hydrogen-bond donors (Lipinski definition) is 2. The number of carbonyl (C=O) groups is 2. The zero-order valence-electron chi connectivity index (χ0n) is 10.9. The second kappa shape index (κ2) is 7.24. The van der Waals surface area contributed by atoms with E-state index in [9.17, 15) is 9.59 Å². The average Bonchev–Trinajstić information content (AvgIpc) is 2.48. The summed E-state index contributed by atoms with van der Waals surface area (Å²) in [6, 6.07) is 14.1. The number of amides is 2. The minimum Gasteiger partial charge on any atom is -0.344 e. The molecule has 0 fully saturated rings. The van der Waals surface area contributed by atoms with Crippen LogP contribution in [0.1, 0.15) is 5.56 Å². The third-order valence-corrected chi connectivity index (χ3v) is 3.60. The van der Waals surface area contributed by atoms with Crippen molar-refractivity contribution in [2.24, 2.45) is 0 Å². The summed E-state index contributed by atoms with van der Waals surface area (Å²) < 4.78 is 0.892. The number of carbonyl (C=O) groups excluding carboxylic acids is 2. The van der Waals surface area contributed by atoms with E-state index in [-0.39, 0.29) is 6.54 Å². The second-order valence-electron chi connectivity index (χ2n) is 4.24. The summed E-state index contributed by atoms with van der Waals surface area (Å²) in [7, 11) is 0. The summed E-state index contributed by atoms with van der Waals surface area (Å²) in [4.78, 5) is 23.5. The molecule has 2 N–H and O–H groups in total. The lowest BCUT2D eigenvalue weighted by atomic mass is 10.2. The van der Waals surface area contributed by atoms with Crippen LogP contribution in [0, 0.1) is 0 Å². The maximum atomic E-state index is 11.7. The van der Waals surface area contributed by atoms with Crippen molar-refractivity contribution < 1.29 is 9.59 Å². The molecule has 2 aromatic rings. The minimum absolute atomic E-state index is 0.201. The van der Waals surface area contributed by atoms with Crippen molar-refractivity contribution in [3.63, 3.8) is 0 Å². The van der Waals surface area contributed by atoms with Gasteiger partial charge in [0.05, 0.1) is 0 Å². The monoisotopic (exact) mass is 366 g/mol. The number of benzene rings is 2. The quantitative estimate of drug-likeness (QED) is 0.817. The zero-order chi connectivity index (χ0) is 15.2. The molecule has 6 heteroatoms. The molecule has 0 aliphatic carbocycles. The predicted molar refractivity (Wildman–Crippen MR) is 86.1 cm³/mol. The molecule has 21 heavy (non-hydrogen) atoms. The van der Waals surface area contributed by atoms with Gasteiger partial charge in [0.15, 0.2) is 0 Å². The fourth-order valence-electron chi connectivity index (χ4n) is 1.62. The van der Waals surface area contributed by atoms with Crippen LogP contribution in [-0.4, -0.2) is 11.8 Å². The standard InChI is InChI=1S/C15H12BrClN2O2/c16-11-5-7-12(8-6-11)19-15(21)14(20)18-9-10-3-1-2-4-13(10)17/h1-8H,9H2,(H,18,20)(H,19,21). The fourth-order valence-corrected chi connectivity index (χ4v) is 2.09. The number of rotatable bonds is 3. The van der Waals surface area contributed by atoms with Crippen LogP contribution in [0.4, 0.5) is 5.69 Å². The van der Waals surface area contributed by atoms with Gasteiger partial charge in [0.25, 0.3) is 0 Å². The van der Waals surface area contributed by atoms with Crippen LogP contribution in [-0.2, 0) is 16.1 Å². The van der Waals surface area contributed by atoms with Gasteiger partial charge in [0.2, 0.25) is 0 Å². The molecule has 2 aromatic carbocycles. The zero-order valence-corrected chi connectivity index (χ0v) is 13.2. The summed E-state index contributed by atoms with van der Waals surface area (Å²) >= 11 is 9.27. The molecule has 0 aliphatic heterocycles. The summed E-state index contributed by atoms with van der Waals surface area (Å²) in [5.41, 5.74) is 1.31. The second-order valence-corrected chi connectivity index (χ2v) is 5.56. The van der Waals surface area contributed by atoms with Crippen molar-refractivity contribution in [2.75, 3.05) is 5.32 Å². The molecule has 4 nitrogen and oxygen atoms in total. The third kappa shape index (κ3) is 4.58. The maximum Gasteiger partial charge on any atom is 0.313 e. The van der Waals surface area contributed by atoms with Gasteiger partial charge in [-0.15, -0.1) is 0 Å². The Balaban J connectivity index is 1.90. The normalized spacial score (nSPS) is 10.0. The molecular weight excluding hydrogens is 356 g/mol. The predicted octanol–water partition coefficient (Wildman–Crippen LogP) is 3.36. The van der Waals surface area contributed by atoms with Crippen LogP contribution >= 0.6 is 27.5 Å². The molecule has 0 aliphatic rings. The topological polar surface area (TPSA) is 58.2 Å². The highest BCUT2D eigenvalue weighted by Crippen LogP contribution is 2.15. The molecule has 0 radical (unpaired) electrons. The van der Waals surface area contributed by atoms with Crippen LogP contribution in [0.3, 0.4) is 0 Å². The lowest BCUT2D eigenvalue weighted by Gasteiger charge is -2.07. The first-order valence-corrected chi connectivity index (χ1v) is 7.31. The van der Waals surface area contributed by atoms with E-state index in [2.05, 4.69) is 26.6 Å². The van der Waals surface area contributed by atoms with Gasteiger partial charge in [-0.2, -0.15) is 0 Å². The van der Waals surface area contributed by atoms with Crippen molar-refractivity contribution >= 4 is 45.0 Å². The molecule has 0 unspecified atom stereocenters. The minimum atomic E-state index is -0.718. The molecule has 0 saturated heterocycles. The molecule has 2 rings (SSSR count). The van der Waals surface area contributed by atoms with Gasteiger partial charge < -0.3 is 10.6 Å². The number of hydrogen-bond acceptors (Lipinski definition) is 2. The summed E-state index contributed by atoms with van der Waals surface area (Å²) in [6.45, 7) is 0.201. The van der Waals surface area contributed by atoms with Crippen molar-refractivity contribution in [1.29, 1.82) is 0 Å². The van der Waals surface area contributed by atoms with Crippen LogP contribution in [0.25, 0.3) is 0 Å². The molecule has 2 amide bonds.